The van der Waals surface area contributed by atoms with Crippen molar-refractivity contribution in [1.82, 2.24) is 9.97 Å². The summed E-state index contributed by atoms with van der Waals surface area (Å²) >= 11 is 2.28. The van der Waals surface area contributed by atoms with Gasteiger partial charge in [0.25, 0.3) is 0 Å². The molecule has 6 nitrogen and oxygen atoms in total. The van der Waals surface area contributed by atoms with Gasteiger partial charge in [-0.25, -0.2) is 4.98 Å². The molecule has 0 radical (unpaired) electrons. The number of rotatable bonds is 6. The summed E-state index contributed by atoms with van der Waals surface area (Å²) < 4.78 is 0. The van der Waals surface area contributed by atoms with Gasteiger partial charge in [-0.1, -0.05) is 18.7 Å². The van der Waals surface area contributed by atoms with Gasteiger partial charge in [0.05, 0.1) is 5.03 Å². The van der Waals surface area contributed by atoms with Crippen molar-refractivity contribution in [2.24, 2.45) is 10.7 Å². The Hall–Kier alpha value is -2.59. The van der Waals surface area contributed by atoms with Crippen LogP contribution in [0.1, 0.15) is 29.2 Å². The van der Waals surface area contributed by atoms with E-state index < -0.39 is 0 Å². The number of carbonyl (C=O) groups is 1. The number of allylic oxidation sites excluding steroid dienone is 1. The number of aromatic nitrogens is 2. The molecule has 0 spiro atoms. The van der Waals surface area contributed by atoms with Crippen LogP contribution in [0.15, 0.2) is 47.2 Å². The van der Waals surface area contributed by atoms with E-state index in [1.165, 1.54) is 6.08 Å². The fourth-order valence-corrected chi connectivity index (χ4v) is 5.30. The van der Waals surface area contributed by atoms with Crippen LogP contribution in [0.4, 0.5) is 5.69 Å². The van der Waals surface area contributed by atoms with Crippen molar-refractivity contribution in [3.63, 3.8) is 0 Å². The van der Waals surface area contributed by atoms with Crippen molar-refractivity contribution in [1.29, 1.82) is 0 Å². The maximum Gasteiger partial charge on any atom is 0.247 e. The number of nitrogens with zero attached hydrogens (tertiary/aromatic N) is 2. The van der Waals surface area contributed by atoms with Gasteiger partial charge in [0.2, 0.25) is 5.91 Å². The molecule has 32 heavy (non-hydrogen) atoms. The van der Waals surface area contributed by atoms with Crippen LogP contribution in [0.25, 0.3) is 27.7 Å². The molecule has 0 bridgehead atoms. The van der Waals surface area contributed by atoms with E-state index in [1.54, 1.807) is 22.2 Å². The lowest BCUT2D eigenvalue weighted by molar-refractivity contribution is -0.111. The molecule has 8 heteroatoms. The van der Waals surface area contributed by atoms with E-state index in [-0.39, 0.29) is 5.91 Å². The fraction of sp³-hybridized carbons (Fsp3) is 0.208. The number of anilines is 1. The van der Waals surface area contributed by atoms with Crippen molar-refractivity contribution >= 4 is 64.1 Å². The summed E-state index contributed by atoms with van der Waals surface area (Å²) in [6, 6.07) is 4.12. The van der Waals surface area contributed by atoms with Gasteiger partial charge < -0.3 is 16.0 Å². The van der Waals surface area contributed by atoms with Crippen LogP contribution in [0.5, 0.6) is 0 Å². The van der Waals surface area contributed by atoms with Crippen molar-refractivity contribution in [3.8, 4) is 11.1 Å². The average molecular weight is 559 g/mol. The lowest BCUT2D eigenvalue weighted by Crippen LogP contribution is -2.10. The van der Waals surface area contributed by atoms with Crippen LogP contribution >= 0.6 is 30.1 Å². The number of fused-ring (bicyclic) bond motifs is 1. The van der Waals surface area contributed by atoms with Gasteiger partial charge in [-0.3, -0.25) is 9.79 Å². The van der Waals surface area contributed by atoms with E-state index in [0.717, 1.165) is 66.4 Å². The second kappa shape index (κ2) is 9.91. The van der Waals surface area contributed by atoms with E-state index in [1.807, 2.05) is 33.0 Å². The molecule has 3 aromatic rings. The number of hydrogen-bond donors (Lipinski definition) is 3. The van der Waals surface area contributed by atoms with Crippen LogP contribution in [-0.4, -0.2) is 28.6 Å². The van der Waals surface area contributed by atoms with E-state index in [4.69, 9.17) is 10.7 Å². The lowest BCUT2D eigenvalue weighted by atomic mass is 9.92. The van der Waals surface area contributed by atoms with E-state index in [9.17, 15) is 4.79 Å². The maximum absolute atomic E-state index is 12.0. The minimum Gasteiger partial charge on any atom is -0.404 e. The Morgan fingerprint density at radius 2 is 2.03 bits per heavy atom. The largest absolute Gasteiger partial charge is 0.404 e. The summed E-state index contributed by atoms with van der Waals surface area (Å²) in [5.74, 6) is -0.233. The van der Waals surface area contributed by atoms with Crippen molar-refractivity contribution in [2.75, 3.05) is 12.4 Å². The van der Waals surface area contributed by atoms with Crippen molar-refractivity contribution in [3.05, 3.63) is 59.4 Å². The van der Waals surface area contributed by atoms with Crippen molar-refractivity contribution in [2.45, 2.75) is 32.7 Å². The Morgan fingerprint density at radius 3 is 2.62 bits per heavy atom. The normalized spacial score (nSPS) is 12.3. The minimum absolute atomic E-state index is 0.233. The van der Waals surface area contributed by atoms with Gasteiger partial charge in [0.1, 0.15) is 5.65 Å². The number of nitrogens with two attached hydrogens (primary N) is 1. The Morgan fingerprint density at radius 1 is 1.31 bits per heavy atom. The predicted octanol–water partition coefficient (Wildman–Crippen LogP) is 6.11. The molecular formula is C24H26IN5OS. The predicted molar refractivity (Wildman–Crippen MR) is 146 cm³/mol. The molecule has 0 atom stereocenters. The van der Waals surface area contributed by atoms with Gasteiger partial charge in [-0.05, 0) is 65.0 Å². The first-order valence-electron chi connectivity index (χ1n) is 9.98. The molecule has 1 amide bonds. The first-order chi connectivity index (χ1) is 15.3. The van der Waals surface area contributed by atoms with Gasteiger partial charge >= 0.3 is 0 Å². The van der Waals surface area contributed by atoms with Crippen LogP contribution < -0.4 is 11.1 Å². The first-order valence-corrected chi connectivity index (χ1v) is 13.3. The van der Waals surface area contributed by atoms with Crippen LogP contribution in [0.3, 0.4) is 0 Å². The van der Waals surface area contributed by atoms with Crippen LogP contribution in [-0.2, 0) is 4.79 Å². The smallest absolute Gasteiger partial charge is 0.247 e. The Balaban J connectivity index is 2.37. The monoisotopic (exact) mass is 559 g/mol. The standard InChI is InChI=1S/C24H26IN5OS/c1-7-19(31)29-22-12(2)8-9-16(14(22)4)21-20-13(3)18(17(10-26)15(5)27-6)11-28-23(20)30-24(21)32-25/h7-11H,1,26H2,2-6H3,(H,28,30)(H,29,31)/b17-10+,27-15?. The van der Waals surface area contributed by atoms with E-state index >= 15 is 0 Å². The molecule has 0 saturated heterocycles. The number of H-pyrrole nitrogens is 1. The number of aliphatic imine (C=N–C) groups is 1. The molecule has 0 aliphatic carbocycles. The molecule has 0 aliphatic rings. The molecule has 1 aromatic carbocycles. The zero-order valence-corrected chi connectivity index (χ0v) is 21.7. The first kappa shape index (κ1) is 24.1. The SMILES string of the molecule is C=CC(=O)Nc1c(C)ccc(-c2c(SI)[nH]c3ncc(/C(=C/N)C(C)=NC)c(C)c23)c1C. The Bertz CT molecular complexity index is 1290. The molecule has 3 rings (SSSR count). The van der Waals surface area contributed by atoms with Gasteiger partial charge in [-0.15, -0.1) is 0 Å². The summed E-state index contributed by atoms with van der Waals surface area (Å²) in [5, 5.41) is 4.99. The van der Waals surface area contributed by atoms with E-state index in [0.29, 0.717) is 0 Å². The van der Waals surface area contributed by atoms with Crippen molar-refractivity contribution < 1.29 is 4.79 Å². The minimum atomic E-state index is -0.233. The highest BCUT2D eigenvalue weighted by Gasteiger charge is 2.22. The van der Waals surface area contributed by atoms with E-state index in [2.05, 4.69) is 56.1 Å². The summed E-state index contributed by atoms with van der Waals surface area (Å²) in [5.41, 5.74) is 15.3. The number of hydrogen-bond acceptors (Lipinski definition) is 5. The molecule has 166 valence electrons. The summed E-state index contributed by atoms with van der Waals surface area (Å²) in [7, 11) is 3.35. The number of halogens is 1. The number of nitrogens with one attached hydrogen (secondary N) is 2. The second-order valence-corrected chi connectivity index (χ2v) is 9.32. The fourth-order valence-electron chi connectivity index (χ4n) is 3.88. The van der Waals surface area contributed by atoms with Crippen LogP contribution in [0, 0.1) is 20.8 Å². The zero-order valence-electron chi connectivity index (χ0n) is 18.8. The number of aryl methyl sites for hydroxylation is 2. The molecule has 4 N–H and O–H groups in total. The third-order valence-electron chi connectivity index (χ3n) is 5.68. The summed E-state index contributed by atoms with van der Waals surface area (Å²) in [6.07, 6.45) is 4.70. The Labute approximate surface area is 204 Å². The molecule has 0 fully saturated rings. The average Bonchev–Trinajstić information content (AvgIpc) is 3.17. The molecule has 0 saturated carbocycles. The zero-order chi connectivity index (χ0) is 23.6. The molecule has 2 aromatic heterocycles. The molecule has 0 unspecified atom stereocenters. The molecular weight excluding hydrogens is 533 g/mol. The lowest BCUT2D eigenvalue weighted by Gasteiger charge is -2.16. The number of carbonyl (C=O) groups excluding carboxylic acids is 1. The number of amides is 1. The van der Waals surface area contributed by atoms with Gasteiger partial charge in [0.15, 0.2) is 0 Å². The number of benzene rings is 1. The Kier molecular flexibility index (Phi) is 7.45. The second-order valence-electron chi connectivity index (χ2n) is 7.44. The van der Waals surface area contributed by atoms with Gasteiger partial charge in [0, 0.05) is 74.1 Å². The third-order valence-corrected chi connectivity index (χ3v) is 7.46. The number of aromatic amines is 1. The quantitative estimate of drug-likeness (QED) is 0.193. The maximum atomic E-state index is 12.0. The number of pyridine rings is 1. The van der Waals surface area contributed by atoms with Crippen LogP contribution in [0.2, 0.25) is 0 Å². The topological polar surface area (TPSA) is 96.2 Å². The highest BCUT2D eigenvalue weighted by molar-refractivity contribution is 14.2. The van der Waals surface area contributed by atoms with Gasteiger partial charge in [-0.2, -0.15) is 0 Å². The highest BCUT2D eigenvalue weighted by Crippen LogP contribution is 2.44. The molecule has 0 aliphatic heterocycles. The molecule has 2 heterocycles. The third kappa shape index (κ3) is 4.21. The summed E-state index contributed by atoms with van der Waals surface area (Å²) in [6.45, 7) is 11.6. The highest BCUT2D eigenvalue weighted by atomic mass is 127. The summed E-state index contributed by atoms with van der Waals surface area (Å²) in [4.78, 5) is 24.5.